The summed E-state index contributed by atoms with van der Waals surface area (Å²) >= 11 is 0. The van der Waals surface area contributed by atoms with E-state index in [0.29, 0.717) is 76.0 Å². The van der Waals surface area contributed by atoms with Gasteiger partial charge in [0.2, 0.25) is 11.8 Å². The SMILES string of the molecule is C=CC(=O)N1CC(OC[C@H](C(=O)C[C@H]2Cc3cc(F)cc(c3)-c3ccc4c(c3)c3c(n4CC(F)(F)F)-c4cccnc4[C@@H](OC)C3C(C)(C)COC(=O)[C@@H]3CCCN(N3)C2=O)C(C)C)C1. The van der Waals surface area contributed by atoms with Crippen LogP contribution in [0.2, 0.25) is 0 Å². The van der Waals surface area contributed by atoms with Gasteiger partial charge in [-0.05, 0) is 89.9 Å². The van der Waals surface area contributed by atoms with Crippen molar-refractivity contribution >= 4 is 34.5 Å². The number of carbonyl (C=O) groups excluding carboxylic acids is 4. The summed E-state index contributed by atoms with van der Waals surface area (Å²) in [7, 11) is 1.52. The zero-order valence-corrected chi connectivity index (χ0v) is 37.3. The fourth-order valence-corrected chi connectivity index (χ4v) is 10.1. The number of amides is 2. The lowest BCUT2D eigenvalue weighted by molar-refractivity contribution is -0.157. The summed E-state index contributed by atoms with van der Waals surface area (Å²) in [4.78, 5) is 61.1. The molecule has 16 heteroatoms. The molecule has 1 aliphatic carbocycles. The van der Waals surface area contributed by atoms with Gasteiger partial charge in [-0.3, -0.25) is 29.2 Å². The molecular weight excluding hydrogens is 847 g/mol. The number of ether oxygens (including phenoxy) is 3. The molecule has 12 nitrogen and oxygen atoms in total. The molecule has 2 aromatic heterocycles. The number of esters is 1. The van der Waals surface area contributed by atoms with E-state index in [4.69, 9.17) is 14.2 Å². The van der Waals surface area contributed by atoms with Crippen molar-refractivity contribution in [3.05, 3.63) is 90.0 Å². The maximum Gasteiger partial charge on any atom is 0.406 e. The van der Waals surface area contributed by atoms with Crippen LogP contribution in [0.4, 0.5) is 17.6 Å². The first-order chi connectivity index (χ1) is 30.9. The molecule has 0 saturated carbocycles. The summed E-state index contributed by atoms with van der Waals surface area (Å²) in [6, 6.07) is 11.9. The minimum absolute atomic E-state index is 0.0370. The molecule has 4 aliphatic rings. The van der Waals surface area contributed by atoms with Gasteiger partial charge in [-0.25, -0.2) is 9.82 Å². The van der Waals surface area contributed by atoms with Gasteiger partial charge >= 0.3 is 12.1 Å². The average Bonchev–Trinajstić information content (AvgIpc) is 3.55. The molecule has 4 aromatic rings. The number of pyridine rings is 1. The van der Waals surface area contributed by atoms with Crippen molar-refractivity contribution in [2.24, 2.45) is 23.2 Å². The molecule has 8 rings (SSSR count). The molecule has 5 heterocycles. The van der Waals surface area contributed by atoms with Gasteiger partial charge in [0, 0.05) is 73.1 Å². The van der Waals surface area contributed by atoms with E-state index in [1.165, 1.54) is 34.9 Å². The first-order valence-electron chi connectivity index (χ1n) is 22.2. The maximum atomic E-state index is 15.9. The Morgan fingerprint density at radius 1 is 1.09 bits per heavy atom. The van der Waals surface area contributed by atoms with E-state index in [0.717, 1.165) is 0 Å². The van der Waals surface area contributed by atoms with Crippen molar-refractivity contribution in [2.45, 2.75) is 90.3 Å². The first kappa shape index (κ1) is 46.1. The monoisotopic (exact) mass is 901 g/mol. The van der Waals surface area contributed by atoms with Gasteiger partial charge in [-0.15, -0.1) is 0 Å². The second-order valence-electron chi connectivity index (χ2n) is 18.8. The Hall–Kier alpha value is -5.45. The van der Waals surface area contributed by atoms with Crippen LogP contribution in [-0.4, -0.2) is 101 Å². The topological polar surface area (TPSA) is 132 Å². The minimum atomic E-state index is -4.60. The molecule has 5 atom stereocenters. The van der Waals surface area contributed by atoms with Crippen LogP contribution < -0.4 is 5.43 Å². The number of alkyl halides is 3. The Labute approximate surface area is 375 Å². The molecule has 346 valence electrons. The fraction of sp³-hybridized carbons (Fsp3) is 0.490. The number of rotatable bonds is 10. The highest BCUT2D eigenvalue weighted by Crippen LogP contribution is 2.57. The second-order valence-corrected chi connectivity index (χ2v) is 18.8. The van der Waals surface area contributed by atoms with Crippen LogP contribution in [0.25, 0.3) is 33.3 Å². The third kappa shape index (κ3) is 9.21. The van der Waals surface area contributed by atoms with Gasteiger partial charge in [0.25, 0.3) is 0 Å². The number of nitrogens with one attached hydrogen (secondary N) is 1. The number of aromatic nitrogens is 2. The molecule has 0 spiro atoms. The van der Waals surface area contributed by atoms with Crippen molar-refractivity contribution in [2.75, 3.05) is 40.0 Å². The Balaban J connectivity index is 1.23. The zero-order chi connectivity index (χ0) is 46.5. The lowest BCUT2D eigenvalue weighted by Gasteiger charge is -2.42. The lowest BCUT2D eigenvalue weighted by Crippen LogP contribution is -2.57. The number of cyclic esters (lactones) is 1. The molecule has 65 heavy (non-hydrogen) atoms. The van der Waals surface area contributed by atoms with E-state index in [-0.39, 0.29) is 56.3 Å². The van der Waals surface area contributed by atoms with E-state index < -0.39 is 65.7 Å². The van der Waals surface area contributed by atoms with Crippen LogP contribution in [0.5, 0.6) is 0 Å². The smallest absolute Gasteiger partial charge is 0.406 e. The largest absolute Gasteiger partial charge is 0.464 e. The van der Waals surface area contributed by atoms with Gasteiger partial charge in [-0.1, -0.05) is 46.4 Å². The molecule has 1 N–H and O–H groups in total. The molecular formula is C49H55F4N5O7. The van der Waals surface area contributed by atoms with E-state index >= 15 is 4.39 Å². The van der Waals surface area contributed by atoms with E-state index in [9.17, 15) is 32.3 Å². The Morgan fingerprint density at radius 2 is 1.86 bits per heavy atom. The Kier molecular flexibility index (Phi) is 12.8. The van der Waals surface area contributed by atoms with Crippen LogP contribution in [0.1, 0.15) is 75.8 Å². The highest BCUT2D eigenvalue weighted by molar-refractivity contribution is 5.97. The Morgan fingerprint density at radius 3 is 2.57 bits per heavy atom. The molecule has 0 radical (unpaired) electrons. The molecule has 2 aromatic carbocycles. The van der Waals surface area contributed by atoms with Gasteiger partial charge < -0.3 is 23.7 Å². The average molecular weight is 902 g/mol. The molecule has 3 aliphatic heterocycles. The van der Waals surface area contributed by atoms with Crippen LogP contribution in [0.15, 0.2) is 67.4 Å². The van der Waals surface area contributed by atoms with E-state index in [1.54, 1.807) is 47.5 Å². The standard InChI is InChI=1S/C49H55F4N5O7/c1-7-40(60)56-22-33(23-56)64-24-36(27(2)3)39(59)21-31-17-28-16-30(19-32(50)18-28)29-12-13-38-35(20-29)41-42(48(4,5)26-65-47(62)37-11-9-15-58(55-37)46(31)61)45(63-6)43-34(10-8-14-54-43)44(41)57(38)25-49(51,52)53/h7-8,10,12-14,16,18-20,27,31,33,36-37,42,45,55H,1,9,11,15,17,21-26H2,2-6H3/t31-,36+,37+,42?,45+/m1/s1. The van der Waals surface area contributed by atoms with Crippen molar-refractivity contribution in [1.29, 1.82) is 0 Å². The van der Waals surface area contributed by atoms with Gasteiger partial charge in [-0.2, -0.15) is 13.2 Å². The van der Waals surface area contributed by atoms with Crippen molar-refractivity contribution < 1.29 is 51.0 Å². The highest BCUT2D eigenvalue weighted by Gasteiger charge is 2.48. The number of fused-ring (bicyclic) bond motifs is 8. The number of hydrogen-bond acceptors (Lipinski definition) is 9. The van der Waals surface area contributed by atoms with E-state index in [2.05, 4.69) is 17.0 Å². The molecule has 1 unspecified atom stereocenters. The van der Waals surface area contributed by atoms with Gasteiger partial charge in [0.15, 0.2) is 0 Å². The number of carbonyl (C=O) groups is 4. The van der Waals surface area contributed by atoms with Crippen molar-refractivity contribution in [3.63, 3.8) is 0 Å². The van der Waals surface area contributed by atoms with Crippen LogP contribution >= 0.6 is 0 Å². The summed E-state index contributed by atoms with van der Waals surface area (Å²) in [6.45, 7) is 10.7. The zero-order valence-electron chi connectivity index (χ0n) is 37.3. The number of hydrogen-bond donors (Lipinski definition) is 1. The molecule has 2 amide bonds. The summed E-state index contributed by atoms with van der Waals surface area (Å²) in [5.41, 5.74) is 5.58. The minimum Gasteiger partial charge on any atom is -0.464 e. The third-order valence-corrected chi connectivity index (χ3v) is 13.5. The highest BCUT2D eigenvalue weighted by atomic mass is 19.4. The summed E-state index contributed by atoms with van der Waals surface area (Å²) in [5, 5.41) is 1.85. The van der Waals surface area contributed by atoms with E-state index in [1.807, 2.05) is 27.7 Å². The number of hydrazine groups is 1. The number of methoxy groups -OCH3 is 1. The van der Waals surface area contributed by atoms with Crippen molar-refractivity contribution in [1.82, 2.24) is 24.9 Å². The number of benzene rings is 2. The summed E-state index contributed by atoms with van der Waals surface area (Å²) in [5.74, 6) is -4.49. The van der Waals surface area contributed by atoms with Crippen LogP contribution in [0, 0.1) is 29.0 Å². The van der Waals surface area contributed by atoms with Gasteiger partial charge in [0.1, 0.15) is 30.3 Å². The van der Waals surface area contributed by atoms with Crippen LogP contribution in [-0.2, 0) is 46.4 Å². The third-order valence-electron chi connectivity index (χ3n) is 13.5. The second kappa shape index (κ2) is 18.1. The number of Topliss-reactive ketones (excluding diaryl/α,β-unsaturated/α-hetero) is 1. The molecule has 2 saturated heterocycles. The van der Waals surface area contributed by atoms with Crippen molar-refractivity contribution in [3.8, 4) is 22.4 Å². The number of nitrogens with zero attached hydrogens (tertiary/aromatic N) is 4. The summed E-state index contributed by atoms with van der Waals surface area (Å²) in [6.07, 6.45) is -2.24. The Bertz CT molecular complexity index is 2510. The number of ketones is 1. The predicted molar refractivity (Wildman–Crippen MR) is 233 cm³/mol. The van der Waals surface area contributed by atoms with Crippen LogP contribution in [0.3, 0.4) is 0 Å². The molecule has 2 fully saturated rings. The lowest BCUT2D eigenvalue weighted by atomic mass is 9.67. The number of likely N-dealkylation sites (tertiary alicyclic amines) is 1. The normalized spacial score (nSPS) is 22.8. The quantitative estimate of drug-likeness (QED) is 0.0965. The molecule has 6 bridgehead atoms. The fourth-order valence-electron chi connectivity index (χ4n) is 10.1. The van der Waals surface area contributed by atoms with Gasteiger partial charge in [0.05, 0.1) is 36.6 Å². The predicted octanol–water partition coefficient (Wildman–Crippen LogP) is 7.74. The summed E-state index contributed by atoms with van der Waals surface area (Å²) < 4.78 is 79.3. The first-order valence-corrected chi connectivity index (χ1v) is 22.2. The number of halogens is 4. The maximum absolute atomic E-state index is 15.9.